The Labute approximate surface area is 164 Å². The lowest BCUT2D eigenvalue weighted by atomic mass is 9.93. The largest absolute Gasteiger partial charge is 0.480 e. The number of carbonyl (C=O) groups is 3. The maximum atomic E-state index is 13.1. The number of fused-ring (bicyclic) bond motifs is 1. The van der Waals surface area contributed by atoms with Crippen LogP contribution >= 0.6 is 0 Å². The molecule has 0 saturated heterocycles. The molecule has 6 nitrogen and oxygen atoms in total. The first-order chi connectivity index (χ1) is 13.3. The molecular formula is C22H24N2O4. The van der Waals surface area contributed by atoms with Gasteiger partial charge in [-0.1, -0.05) is 54.1 Å². The molecule has 2 N–H and O–H groups in total. The van der Waals surface area contributed by atoms with Crippen molar-refractivity contribution >= 4 is 17.8 Å². The minimum Gasteiger partial charge on any atom is -0.480 e. The van der Waals surface area contributed by atoms with Crippen LogP contribution in [0.15, 0.2) is 48.5 Å². The third kappa shape index (κ3) is 4.39. The van der Waals surface area contributed by atoms with E-state index in [2.05, 4.69) is 5.32 Å². The van der Waals surface area contributed by atoms with Crippen LogP contribution in [0.2, 0.25) is 0 Å². The first kappa shape index (κ1) is 19.6. The molecule has 0 saturated carbocycles. The molecule has 0 radical (unpaired) electrons. The van der Waals surface area contributed by atoms with Crippen LogP contribution in [0.5, 0.6) is 0 Å². The van der Waals surface area contributed by atoms with Gasteiger partial charge in [0.1, 0.15) is 6.04 Å². The fourth-order valence-electron chi connectivity index (χ4n) is 3.59. The number of amides is 2. The van der Waals surface area contributed by atoms with Crippen molar-refractivity contribution in [2.24, 2.45) is 0 Å². The summed E-state index contributed by atoms with van der Waals surface area (Å²) in [5, 5.41) is 12.5. The zero-order valence-electron chi connectivity index (χ0n) is 16.0. The van der Waals surface area contributed by atoms with E-state index in [0.717, 1.165) is 22.3 Å². The van der Waals surface area contributed by atoms with E-state index in [1.807, 2.05) is 55.5 Å². The normalized spacial score (nSPS) is 16.8. The van der Waals surface area contributed by atoms with Crippen molar-refractivity contribution in [2.45, 2.75) is 45.3 Å². The molecule has 0 bridgehead atoms. The second-order valence-electron chi connectivity index (χ2n) is 7.22. The van der Waals surface area contributed by atoms with Gasteiger partial charge in [0.25, 0.3) is 0 Å². The molecule has 6 heteroatoms. The third-order valence-electron chi connectivity index (χ3n) is 5.09. The number of aryl methyl sites for hydroxylation is 1. The first-order valence-corrected chi connectivity index (χ1v) is 9.28. The third-order valence-corrected chi connectivity index (χ3v) is 5.09. The highest BCUT2D eigenvalue weighted by molar-refractivity contribution is 5.85. The molecule has 0 fully saturated rings. The molecule has 0 aromatic heterocycles. The van der Waals surface area contributed by atoms with Gasteiger partial charge < -0.3 is 15.3 Å². The molecule has 0 unspecified atom stereocenters. The SMILES string of the molecule is CC(=O)N[C@@H](CC(=O)N1Cc2ccccc2C[C@H]1C(=O)O)c1ccc(C)cc1. The average Bonchev–Trinajstić information content (AvgIpc) is 2.66. The lowest BCUT2D eigenvalue weighted by Gasteiger charge is -2.35. The Hall–Kier alpha value is -3.15. The molecule has 1 aliphatic heterocycles. The van der Waals surface area contributed by atoms with Gasteiger partial charge in [-0.15, -0.1) is 0 Å². The van der Waals surface area contributed by atoms with Crippen LogP contribution in [0.3, 0.4) is 0 Å². The Morgan fingerprint density at radius 1 is 1.11 bits per heavy atom. The minimum atomic E-state index is -1.02. The van der Waals surface area contributed by atoms with Crippen molar-refractivity contribution in [1.82, 2.24) is 10.2 Å². The van der Waals surface area contributed by atoms with E-state index >= 15 is 0 Å². The average molecular weight is 380 g/mol. The highest BCUT2D eigenvalue weighted by Crippen LogP contribution is 2.26. The zero-order chi connectivity index (χ0) is 20.3. The highest BCUT2D eigenvalue weighted by Gasteiger charge is 2.35. The molecular weight excluding hydrogens is 356 g/mol. The molecule has 2 amide bonds. The summed E-state index contributed by atoms with van der Waals surface area (Å²) < 4.78 is 0. The van der Waals surface area contributed by atoms with Crippen LogP contribution < -0.4 is 5.32 Å². The van der Waals surface area contributed by atoms with Gasteiger partial charge in [-0.2, -0.15) is 0 Å². The van der Waals surface area contributed by atoms with Crippen molar-refractivity contribution < 1.29 is 19.5 Å². The molecule has 2 aromatic rings. The second kappa shape index (κ2) is 8.25. The highest BCUT2D eigenvalue weighted by atomic mass is 16.4. The fourth-order valence-corrected chi connectivity index (χ4v) is 3.59. The molecule has 1 aliphatic rings. The van der Waals surface area contributed by atoms with Gasteiger partial charge in [0.2, 0.25) is 11.8 Å². The summed E-state index contributed by atoms with van der Waals surface area (Å²) in [6.07, 6.45) is 0.293. The molecule has 146 valence electrons. The predicted octanol–water partition coefficient (Wildman–Crippen LogP) is 2.60. The molecule has 2 aromatic carbocycles. The Balaban J connectivity index is 1.84. The number of nitrogens with zero attached hydrogens (tertiary/aromatic N) is 1. The summed E-state index contributed by atoms with van der Waals surface area (Å²) in [5.41, 5.74) is 3.81. The summed E-state index contributed by atoms with van der Waals surface area (Å²) in [4.78, 5) is 37.9. The molecule has 28 heavy (non-hydrogen) atoms. The fraction of sp³-hybridized carbons (Fsp3) is 0.318. The number of nitrogens with one attached hydrogen (secondary N) is 1. The van der Waals surface area contributed by atoms with Gasteiger partial charge in [0, 0.05) is 19.9 Å². The van der Waals surface area contributed by atoms with Crippen molar-refractivity contribution in [3.63, 3.8) is 0 Å². The Bertz CT molecular complexity index is 892. The minimum absolute atomic E-state index is 0.00852. The number of carboxylic acids is 1. The maximum Gasteiger partial charge on any atom is 0.326 e. The summed E-state index contributed by atoms with van der Waals surface area (Å²) >= 11 is 0. The van der Waals surface area contributed by atoms with Crippen molar-refractivity contribution in [2.75, 3.05) is 0 Å². The Morgan fingerprint density at radius 3 is 2.36 bits per heavy atom. The standard InChI is InChI=1S/C22H24N2O4/c1-14-7-9-16(10-8-14)19(23-15(2)25)12-21(26)24-13-18-6-4-3-5-17(18)11-20(24)22(27)28/h3-10,19-20H,11-13H2,1-2H3,(H,23,25)(H,27,28)/t19-,20-/m0/s1. The van der Waals surface area contributed by atoms with Crippen LogP contribution in [0, 0.1) is 6.92 Å². The van der Waals surface area contributed by atoms with Gasteiger partial charge in [-0.3, -0.25) is 9.59 Å². The van der Waals surface area contributed by atoms with Crippen LogP contribution in [-0.2, 0) is 27.3 Å². The van der Waals surface area contributed by atoms with E-state index in [1.54, 1.807) is 0 Å². The lowest BCUT2D eigenvalue weighted by molar-refractivity contribution is -0.151. The number of rotatable bonds is 5. The van der Waals surface area contributed by atoms with Crippen LogP contribution in [0.4, 0.5) is 0 Å². The molecule has 1 heterocycles. The van der Waals surface area contributed by atoms with Gasteiger partial charge in [0.05, 0.1) is 12.5 Å². The monoisotopic (exact) mass is 380 g/mol. The number of hydrogen-bond acceptors (Lipinski definition) is 3. The molecule has 0 aliphatic carbocycles. The predicted molar refractivity (Wildman–Crippen MR) is 104 cm³/mol. The molecule has 3 rings (SSSR count). The quantitative estimate of drug-likeness (QED) is 0.835. The number of hydrogen-bond donors (Lipinski definition) is 2. The number of aliphatic carboxylic acids is 1. The van der Waals surface area contributed by atoms with Gasteiger partial charge in [-0.25, -0.2) is 4.79 Å². The van der Waals surface area contributed by atoms with Gasteiger partial charge >= 0.3 is 5.97 Å². The number of carboxylic acid groups (broad SMARTS) is 1. The van der Waals surface area contributed by atoms with E-state index in [0.29, 0.717) is 0 Å². The van der Waals surface area contributed by atoms with E-state index in [-0.39, 0.29) is 31.2 Å². The number of carbonyl (C=O) groups excluding carboxylic acids is 2. The summed E-state index contributed by atoms with van der Waals surface area (Å²) in [6, 6.07) is 13.8. The van der Waals surface area contributed by atoms with E-state index < -0.39 is 18.1 Å². The first-order valence-electron chi connectivity index (χ1n) is 9.28. The second-order valence-corrected chi connectivity index (χ2v) is 7.22. The van der Waals surface area contributed by atoms with Crippen LogP contribution in [0.25, 0.3) is 0 Å². The zero-order valence-corrected chi connectivity index (χ0v) is 16.0. The summed E-state index contributed by atoms with van der Waals surface area (Å²) in [5.74, 6) is -1.55. The van der Waals surface area contributed by atoms with Crippen molar-refractivity contribution in [3.05, 3.63) is 70.8 Å². The van der Waals surface area contributed by atoms with E-state index in [4.69, 9.17) is 0 Å². The van der Waals surface area contributed by atoms with E-state index in [9.17, 15) is 19.5 Å². The van der Waals surface area contributed by atoms with Crippen molar-refractivity contribution in [1.29, 1.82) is 0 Å². The van der Waals surface area contributed by atoms with Gasteiger partial charge in [0.15, 0.2) is 0 Å². The topological polar surface area (TPSA) is 86.7 Å². The smallest absolute Gasteiger partial charge is 0.326 e. The van der Waals surface area contributed by atoms with E-state index in [1.165, 1.54) is 11.8 Å². The molecule has 2 atom stereocenters. The Kier molecular flexibility index (Phi) is 5.78. The van der Waals surface area contributed by atoms with Crippen molar-refractivity contribution in [3.8, 4) is 0 Å². The summed E-state index contributed by atoms with van der Waals surface area (Å²) in [7, 11) is 0. The van der Waals surface area contributed by atoms with Gasteiger partial charge in [-0.05, 0) is 23.6 Å². The lowest BCUT2D eigenvalue weighted by Crippen LogP contribution is -2.49. The molecule has 0 spiro atoms. The maximum absolute atomic E-state index is 13.1. The number of benzene rings is 2. The van der Waals surface area contributed by atoms with Crippen LogP contribution in [0.1, 0.15) is 41.6 Å². The summed E-state index contributed by atoms with van der Waals surface area (Å²) in [6.45, 7) is 3.63. The Morgan fingerprint density at radius 2 is 1.75 bits per heavy atom. The van der Waals surface area contributed by atoms with Crippen LogP contribution in [-0.4, -0.2) is 33.8 Å².